The summed E-state index contributed by atoms with van der Waals surface area (Å²) in [6, 6.07) is 15.7. The Labute approximate surface area is 222 Å². The van der Waals surface area contributed by atoms with E-state index in [1.807, 2.05) is 0 Å². The van der Waals surface area contributed by atoms with Crippen LogP contribution >= 0.6 is 0 Å². The maximum Gasteiger partial charge on any atom is 0.416 e. The molecule has 0 bridgehead atoms. The predicted molar refractivity (Wildman–Crippen MR) is 139 cm³/mol. The number of amides is 1. The lowest BCUT2D eigenvalue weighted by molar-refractivity contribution is -0.137. The van der Waals surface area contributed by atoms with E-state index >= 15 is 0 Å². The van der Waals surface area contributed by atoms with Crippen molar-refractivity contribution in [1.29, 1.82) is 0 Å². The number of anilines is 1. The molecule has 1 aromatic heterocycles. The fourth-order valence-corrected chi connectivity index (χ4v) is 4.80. The van der Waals surface area contributed by atoms with Gasteiger partial charge in [-0.25, -0.2) is 13.4 Å². The van der Waals surface area contributed by atoms with Crippen molar-refractivity contribution in [2.24, 2.45) is 0 Å². The molecular formula is C28H22F4N2O4S. The lowest BCUT2D eigenvalue weighted by atomic mass is 9.95. The van der Waals surface area contributed by atoms with Gasteiger partial charge in [0.25, 0.3) is 0 Å². The molecular weight excluding hydrogens is 536 g/mol. The maximum absolute atomic E-state index is 14.1. The number of hydrogen-bond acceptors (Lipinski definition) is 5. The van der Waals surface area contributed by atoms with Gasteiger partial charge in [0.15, 0.2) is 9.84 Å². The summed E-state index contributed by atoms with van der Waals surface area (Å²) < 4.78 is 85.0. The van der Waals surface area contributed by atoms with Crippen LogP contribution in [-0.2, 0) is 20.8 Å². The zero-order chi connectivity index (χ0) is 28.4. The van der Waals surface area contributed by atoms with Gasteiger partial charge in [-0.3, -0.25) is 4.79 Å². The number of benzene rings is 3. The zero-order valence-corrected chi connectivity index (χ0v) is 21.5. The highest BCUT2D eigenvalue weighted by Gasteiger charge is 2.31. The van der Waals surface area contributed by atoms with Crippen LogP contribution in [0.2, 0.25) is 0 Å². The van der Waals surface area contributed by atoms with Crippen LogP contribution in [0.25, 0.3) is 22.3 Å². The molecule has 0 spiro atoms. The molecule has 4 aromatic rings. The highest BCUT2D eigenvalue weighted by Crippen LogP contribution is 2.46. The van der Waals surface area contributed by atoms with E-state index in [0.717, 1.165) is 18.2 Å². The first-order valence-corrected chi connectivity index (χ1v) is 13.3. The minimum Gasteiger partial charge on any atom is -0.456 e. The number of nitrogens with one attached hydrogen (secondary N) is 1. The van der Waals surface area contributed by atoms with Gasteiger partial charge in [-0.05, 0) is 59.7 Å². The van der Waals surface area contributed by atoms with Gasteiger partial charge in [-0.2, -0.15) is 17.6 Å². The lowest BCUT2D eigenvalue weighted by Gasteiger charge is -2.21. The fraction of sp³-hybridized carbons (Fsp3) is 0.143. The molecule has 0 fully saturated rings. The largest absolute Gasteiger partial charge is 0.456 e. The van der Waals surface area contributed by atoms with E-state index in [1.54, 1.807) is 6.07 Å². The Kier molecular flexibility index (Phi) is 7.73. The standard InChI is InChI=1S/C28H22F4N2O4S/c1-3-39(36,37)22-9-7-18(8-10-22)26-24(34-17(2)35)12-11-23(19-13-14-33-25(29)15-19)27(26)38-21-6-4-5-20(16-21)28(30,31)32/h4-16H,3H2,1-2H3,(H,34,35). The van der Waals surface area contributed by atoms with Crippen LogP contribution in [0.3, 0.4) is 0 Å². The van der Waals surface area contributed by atoms with Gasteiger partial charge in [0, 0.05) is 30.3 Å². The molecule has 1 amide bonds. The molecule has 1 N–H and O–H groups in total. The average Bonchev–Trinajstić information content (AvgIpc) is 2.88. The maximum atomic E-state index is 14.1. The summed E-state index contributed by atoms with van der Waals surface area (Å²) in [6.07, 6.45) is -3.40. The van der Waals surface area contributed by atoms with Crippen molar-refractivity contribution in [3.8, 4) is 33.8 Å². The minimum atomic E-state index is -4.63. The zero-order valence-electron chi connectivity index (χ0n) is 20.7. The summed E-state index contributed by atoms with van der Waals surface area (Å²) in [5.41, 5.74) is 0.553. The second-order valence-corrected chi connectivity index (χ2v) is 10.7. The van der Waals surface area contributed by atoms with Crippen LogP contribution in [0.5, 0.6) is 11.5 Å². The van der Waals surface area contributed by atoms with Crippen LogP contribution in [0.1, 0.15) is 19.4 Å². The number of hydrogen-bond donors (Lipinski definition) is 1. The van der Waals surface area contributed by atoms with E-state index < -0.39 is 33.4 Å². The quantitative estimate of drug-likeness (QED) is 0.193. The number of sulfone groups is 1. The molecule has 11 heteroatoms. The van der Waals surface area contributed by atoms with Gasteiger partial charge in [-0.15, -0.1) is 0 Å². The van der Waals surface area contributed by atoms with E-state index in [2.05, 4.69) is 10.3 Å². The van der Waals surface area contributed by atoms with Crippen LogP contribution in [-0.4, -0.2) is 25.1 Å². The summed E-state index contributed by atoms with van der Waals surface area (Å²) in [7, 11) is -3.52. The van der Waals surface area contributed by atoms with Crippen molar-refractivity contribution in [1.82, 2.24) is 4.98 Å². The smallest absolute Gasteiger partial charge is 0.416 e. The Bertz CT molecular complexity index is 1640. The van der Waals surface area contributed by atoms with Gasteiger partial charge in [0.05, 0.1) is 21.9 Å². The number of carbonyl (C=O) groups is 1. The Morgan fingerprint density at radius 1 is 0.974 bits per heavy atom. The molecule has 0 unspecified atom stereocenters. The van der Waals surface area contributed by atoms with Crippen LogP contribution < -0.4 is 10.1 Å². The number of ether oxygens (including phenoxy) is 1. The normalized spacial score (nSPS) is 11.7. The Morgan fingerprint density at radius 2 is 1.69 bits per heavy atom. The van der Waals surface area contributed by atoms with Crippen molar-refractivity contribution < 1.29 is 35.5 Å². The van der Waals surface area contributed by atoms with E-state index in [1.165, 1.54) is 68.6 Å². The van der Waals surface area contributed by atoms with Crippen molar-refractivity contribution in [2.75, 3.05) is 11.1 Å². The number of carbonyl (C=O) groups excluding carboxylic acids is 1. The molecule has 3 aromatic carbocycles. The van der Waals surface area contributed by atoms with Gasteiger partial charge in [0.2, 0.25) is 11.9 Å². The van der Waals surface area contributed by atoms with Gasteiger partial charge >= 0.3 is 6.18 Å². The number of aromatic nitrogens is 1. The third-order valence-electron chi connectivity index (χ3n) is 5.77. The van der Waals surface area contributed by atoms with Crippen molar-refractivity contribution in [3.63, 3.8) is 0 Å². The Morgan fingerprint density at radius 3 is 2.31 bits per heavy atom. The van der Waals surface area contributed by atoms with Crippen molar-refractivity contribution >= 4 is 21.4 Å². The monoisotopic (exact) mass is 558 g/mol. The van der Waals surface area contributed by atoms with Gasteiger partial charge in [0.1, 0.15) is 11.5 Å². The molecule has 0 aliphatic rings. The SMILES string of the molecule is CCS(=O)(=O)c1ccc(-c2c(NC(C)=O)ccc(-c3ccnc(F)c3)c2Oc2cccc(C(F)(F)F)c2)cc1. The van der Waals surface area contributed by atoms with Crippen LogP contribution in [0, 0.1) is 5.95 Å². The Hall–Kier alpha value is -4.25. The summed E-state index contributed by atoms with van der Waals surface area (Å²) in [6.45, 7) is 2.79. The molecule has 0 aliphatic carbocycles. The summed E-state index contributed by atoms with van der Waals surface area (Å²) in [4.78, 5) is 15.7. The van der Waals surface area contributed by atoms with E-state index in [-0.39, 0.29) is 33.4 Å². The number of halogens is 4. The second kappa shape index (κ2) is 10.9. The highest BCUT2D eigenvalue weighted by molar-refractivity contribution is 7.91. The fourth-order valence-electron chi connectivity index (χ4n) is 3.92. The molecule has 1 heterocycles. The summed E-state index contributed by atoms with van der Waals surface area (Å²) in [5, 5.41) is 2.68. The third-order valence-corrected chi connectivity index (χ3v) is 7.52. The minimum absolute atomic E-state index is 0.0114. The van der Waals surface area contributed by atoms with E-state index in [9.17, 15) is 30.8 Å². The molecule has 0 saturated heterocycles. The molecule has 0 radical (unpaired) electrons. The van der Waals surface area contributed by atoms with Gasteiger partial charge < -0.3 is 10.1 Å². The third kappa shape index (κ3) is 6.26. The first kappa shape index (κ1) is 27.8. The molecule has 0 saturated carbocycles. The summed E-state index contributed by atoms with van der Waals surface area (Å²) >= 11 is 0. The second-order valence-electron chi connectivity index (χ2n) is 8.47. The molecule has 202 valence electrons. The molecule has 4 rings (SSSR count). The molecule has 0 atom stereocenters. The average molecular weight is 559 g/mol. The van der Waals surface area contributed by atoms with Crippen molar-refractivity contribution in [2.45, 2.75) is 24.9 Å². The van der Waals surface area contributed by atoms with Gasteiger partial charge in [-0.1, -0.05) is 25.1 Å². The Balaban J connectivity index is 2.00. The van der Waals surface area contributed by atoms with E-state index in [0.29, 0.717) is 16.7 Å². The molecule has 0 aliphatic heterocycles. The predicted octanol–water partition coefficient (Wildman–Crippen LogP) is 7.12. The van der Waals surface area contributed by atoms with Crippen LogP contribution in [0.4, 0.5) is 23.2 Å². The number of nitrogens with zero attached hydrogens (tertiary/aromatic N) is 1. The first-order chi connectivity index (χ1) is 18.4. The lowest BCUT2D eigenvalue weighted by Crippen LogP contribution is -2.08. The molecule has 39 heavy (non-hydrogen) atoms. The number of alkyl halides is 3. The highest BCUT2D eigenvalue weighted by atomic mass is 32.2. The topological polar surface area (TPSA) is 85.4 Å². The first-order valence-electron chi connectivity index (χ1n) is 11.6. The van der Waals surface area contributed by atoms with Crippen molar-refractivity contribution in [3.05, 3.63) is 90.5 Å². The summed E-state index contributed by atoms with van der Waals surface area (Å²) in [5.74, 6) is -1.49. The van der Waals surface area contributed by atoms with Crippen LogP contribution in [0.15, 0.2) is 83.9 Å². The molecule has 6 nitrogen and oxygen atoms in total. The number of pyridine rings is 1. The van der Waals surface area contributed by atoms with E-state index in [4.69, 9.17) is 4.74 Å². The number of rotatable bonds is 7.